The highest BCUT2D eigenvalue weighted by molar-refractivity contribution is 7.80. The van der Waals surface area contributed by atoms with Crippen LogP contribution in [0.3, 0.4) is 0 Å². The fourth-order valence-electron chi connectivity index (χ4n) is 1.79. The molecule has 0 unspecified atom stereocenters. The number of hydrogen-bond acceptors (Lipinski definition) is 3. The monoisotopic (exact) mass is 316 g/mol. The van der Waals surface area contributed by atoms with Crippen LogP contribution >= 0.6 is 12.2 Å². The van der Waals surface area contributed by atoms with E-state index in [-0.39, 0.29) is 5.82 Å². The lowest BCUT2D eigenvalue weighted by atomic mass is 10.1. The third-order valence-corrected chi connectivity index (χ3v) is 3.23. The Morgan fingerprint density at radius 2 is 1.95 bits per heavy atom. The summed E-state index contributed by atoms with van der Waals surface area (Å²) < 4.78 is 12.8. The van der Waals surface area contributed by atoms with Crippen molar-refractivity contribution in [2.45, 2.75) is 13.5 Å². The second kappa shape index (κ2) is 7.51. The van der Waals surface area contributed by atoms with Gasteiger partial charge in [0, 0.05) is 12.2 Å². The van der Waals surface area contributed by atoms with Gasteiger partial charge >= 0.3 is 0 Å². The van der Waals surface area contributed by atoms with Crippen molar-refractivity contribution in [1.29, 1.82) is 0 Å². The molecule has 0 aliphatic heterocycles. The average molecular weight is 316 g/mol. The van der Waals surface area contributed by atoms with Crippen LogP contribution in [0, 0.1) is 5.82 Å². The number of thiocarbonyl (C=S) groups is 1. The van der Waals surface area contributed by atoms with E-state index in [0.717, 1.165) is 16.8 Å². The molecule has 114 valence electrons. The van der Waals surface area contributed by atoms with Crippen LogP contribution in [0.1, 0.15) is 18.1 Å². The van der Waals surface area contributed by atoms with E-state index < -0.39 is 0 Å². The molecule has 22 heavy (non-hydrogen) atoms. The van der Waals surface area contributed by atoms with Crippen LogP contribution in [0.15, 0.2) is 53.6 Å². The van der Waals surface area contributed by atoms with E-state index in [1.807, 2.05) is 31.2 Å². The molecule has 0 radical (unpaired) electrons. The van der Waals surface area contributed by atoms with E-state index in [4.69, 9.17) is 18.0 Å². The Hall–Kier alpha value is -2.47. The molecule has 4 N–H and O–H groups in total. The van der Waals surface area contributed by atoms with Crippen molar-refractivity contribution < 1.29 is 4.39 Å². The molecular formula is C16H17FN4S. The lowest BCUT2D eigenvalue weighted by molar-refractivity contribution is 0.626. The molecule has 2 aromatic carbocycles. The number of hydrogen-bond donors (Lipinski definition) is 3. The largest absolute Gasteiger partial charge is 0.399 e. The van der Waals surface area contributed by atoms with Gasteiger partial charge in [-0.1, -0.05) is 24.3 Å². The minimum atomic E-state index is -0.258. The number of anilines is 1. The molecule has 0 fully saturated rings. The minimum Gasteiger partial charge on any atom is -0.399 e. The van der Waals surface area contributed by atoms with Crippen molar-refractivity contribution in [1.82, 2.24) is 10.7 Å². The predicted octanol–water partition coefficient (Wildman–Crippen LogP) is 2.80. The highest BCUT2D eigenvalue weighted by Crippen LogP contribution is 2.07. The number of nitrogen functional groups attached to an aromatic ring is 1. The third kappa shape index (κ3) is 4.82. The summed E-state index contributed by atoms with van der Waals surface area (Å²) in [6, 6.07) is 13.7. The van der Waals surface area contributed by atoms with Crippen molar-refractivity contribution in [3.63, 3.8) is 0 Å². The summed E-state index contributed by atoms with van der Waals surface area (Å²) in [4.78, 5) is 0. The zero-order valence-electron chi connectivity index (χ0n) is 12.1. The third-order valence-electron chi connectivity index (χ3n) is 3.00. The summed E-state index contributed by atoms with van der Waals surface area (Å²) in [5.74, 6) is -0.258. The van der Waals surface area contributed by atoms with Crippen molar-refractivity contribution in [2.24, 2.45) is 5.10 Å². The SMILES string of the molecule is C/C(=N/NC(=S)NCc1ccc(F)cc1)c1cccc(N)c1. The molecule has 4 nitrogen and oxygen atoms in total. The van der Waals surface area contributed by atoms with Crippen molar-refractivity contribution in [3.8, 4) is 0 Å². The summed E-state index contributed by atoms with van der Waals surface area (Å²) in [6.45, 7) is 2.36. The van der Waals surface area contributed by atoms with Gasteiger partial charge in [-0.3, -0.25) is 5.43 Å². The second-order valence-electron chi connectivity index (χ2n) is 4.74. The van der Waals surface area contributed by atoms with Crippen LogP contribution in [0.25, 0.3) is 0 Å². The van der Waals surface area contributed by atoms with Gasteiger partial charge in [0.25, 0.3) is 0 Å². The van der Waals surface area contributed by atoms with Crippen LogP contribution in [0.4, 0.5) is 10.1 Å². The molecule has 0 spiro atoms. The van der Waals surface area contributed by atoms with E-state index in [1.165, 1.54) is 12.1 Å². The first-order valence-electron chi connectivity index (χ1n) is 6.73. The standard InChI is InChI=1S/C16H17FN4S/c1-11(13-3-2-4-15(18)9-13)20-21-16(22)19-10-12-5-7-14(17)8-6-12/h2-9H,10,18H2,1H3,(H2,19,21,22)/b20-11-. The van der Waals surface area contributed by atoms with Crippen LogP contribution in [0.5, 0.6) is 0 Å². The summed E-state index contributed by atoms with van der Waals surface area (Å²) >= 11 is 5.15. The van der Waals surface area contributed by atoms with E-state index >= 15 is 0 Å². The summed E-state index contributed by atoms with van der Waals surface area (Å²) in [5.41, 5.74) is 11.8. The molecule has 0 saturated carbocycles. The number of nitrogens with one attached hydrogen (secondary N) is 2. The number of benzene rings is 2. The average Bonchev–Trinajstić information content (AvgIpc) is 2.52. The number of hydrazone groups is 1. The Balaban J connectivity index is 1.86. The smallest absolute Gasteiger partial charge is 0.187 e. The number of rotatable bonds is 4. The molecule has 0 amide bonds. The molecule has 0 saturated heterocycles. The summed E-state index contributed by atoms with van der Waals surface area (Å²) in [6.07, 6.45) is 0. The van der Waals surface area contributed by atoms with E-state index in [2.05, 4.69) is 15.8 Å². The number of halogens is 1. The number of nitrogens with two attached hydrogens (primary N) is 1. The molecule has 6 heteroatoms. The first kappa shape index (κ1) is 15.9. The first-order chi connectivity index (χ1) is 10.5. The molecular weight excluding hydrogens is 299 g/mol. The Kier molecular flexibility index (Phi) is 5.43. The summed E-state index contributed by atoms with van der Waals surface area (Å²) in [5, 5.41) is 7.61. The Morgan fingerprint density at radius 3 is 2.64 bits per heavy atom. The maximum absolute atomic E-state index is 12.8. The molecule has 2 rings (SSSR count). The van der Waals surface area contributed by atoms with Gasteiger partial charge in [0.15, 0.2) is 5.11 Å². The van der Waals surface area contributed by atoms with Gasteiger partial charge < -0.3 is 11.1 Å². The minimum absolute atomic E-state index is 0.258. The zero-order valence-corrected chi connectivity index (χ0v) is 13.0. The normalized spacial score (nSPS) is 11.1. The van der Waals surface area contributed by atoms with Gasteiger partial charge in [-0.05, 0) is 54.5 Å². The molecule has 0 aliphatic carbocycles. The van der Waals surface area contributed by atoms with Gasteiger partial charge in [0.05, 0.1) is 5.71 Å². The van der Waals surface area contributed by atoms with E-state index in [1.54, 1.807) is 12.1 Å². The van der Waals surface area contributed by atoms with Crippen molar-refractivity contribution in [2.75, 3.05) is 5.73 Å². The fourth-order valence-corrected chi connectivity index (χ4v) is 1.90. The quantitative estimate of drug-likeness (QED) is 0.351. The predicted molar refractivity (Wildman–Crippen MR) is 92.0 cm³/mol. The Morgan fingerprint density at radius 1 is 1.23 bits per heavy atom. The number of nitrogens with zero attached hydrogens (tertiary/aromatic N) is 1. The van der Waals surface area contributed by atoms with Gasteiger partial charge in [-0.15, -0.1) is 0 Å². The van der Waals surface area contributed by atoms with Gasteiger partial charge in [0.1, 0.15) is 5.82 Å². The van der Waals surface area contributed by atoms with Crippen molar-refractivity contribution >= 4 is 28.7 Å². The molecule has 0 bridgehead atoms. The molecule has 2 aromatic rings. The fraction of sp³-hybridized carbons (Fsp3) is 0.125. The highest BCUT2D eigenvalue weighted by Gasteiger charge is 1.99. The summed E-state index contributed by atoms with van der Waals surface area (Å²) in [7, 11) is 0. The van der Waals surface area contributed by atoms with Crippen LogP contribution < -0.4 is 16.5 Å². The van der Waals surface area contributed by atoms with E-state index in [9.17, 15) is 4.39 Å². The van der Waals surface area contributed by atoms with Crippen LogP contribution in [-0.2, 0) is 6.54 Å². The Bertz CT molecular complexity index is 683. The van der Waals surface area contributed by atoms with Gasteiger partial charge in [-0.25, -0.2) is 4.39 Å². The van der Waals surface area contributed by atoms with Gasteiger partial charge in [0.2, 0.25) is 0 Å². The topological polar surface area (TPSA) is 62.4 Å². The lowest BCUT2D eigenvalue weighted by Crippen LogP contribution is -2.32. The molecule has 0 aromatic heterocycles. The van der Waals surface area contributed by atoms with Crippen LogP contribution in [0.2, 0.25) is 0 Å². The highest BCUT2D eigenvalue weighted by atomic mass is 32.1. The molecule has 0 heterocycles. The molecule has 0 atom stereocenters. The lowest BCUT2D eigenvalue weighted by Gasteiger charge is -2.08. The second-order valence-corrected chi connectivity index (χ2v) is 5.15. The molecule has 0 aliphatic rings. The maximum Gasteiger partial charge on any atom is 0.187 e. The van der Waals surface area contributed by atoms with Gasteiger partial charge in [-0.2, -0.15) is 5.10 Å². The van der Waals surface area contributed by atoms with Crippen LogP contribution in [-0.4, -0.2) is 10.8 Å². The Labute approximate surface area is 134 Å². The first-order valence-corrected chi connectivity index (χ1v) is 7.14. The maximum atomic E-state index is 12.8. The van der Waals surface area contributed by atoms with Crippen molar-refractivity contribution in [3.05, 3.63) is 65.5 Å². The zero-order chi connectivity index (χ0) is 15.9. The van der Waals surface area contributed by atoms with E-state index in [0.29, 0.717) is 17.3 Å².